The molecule has 1 aliphatic rings. The highest BCUT2D eigenvalue weighted by molar-refractivity contribution is 5.94. The van der Waals surface area contributed by atoms with Crippen LogP contribution in [0.3, 0.4) is 0 Å². The molecule has 6 nitrogen and oxygen atoms in total. The number of aromatic amines is 1. The van der Waals surface area contributed by atoms with Crippen LogP contribution < -0.4 is 9.47 Å². The molecule has 0 saturated heterocycles. The van der Waals surface area contributed by atoms with E-state index in [0.717, 1.165) is 33.9 Å². The first-order valence-corrected chi connectivity index (χ1v) is 7.73. The molecule has 0 unspecified atom stereocenters. The lowest BCUT2D eigenvalue weighted by Crippen LogP contribution is -2.21. The van der Waals surface area contributed by atoms with E-state index in [2.05, 4.69) is 9.97 Å². The Morgan fingerprint density at radius 2 is 1.75 bits per heavy atom. The molecule has 0 aliphatic carbocycles. The zero-order chi connectivity index (χ0) is 16.7. The van der Waals surface area contributed by atoms with Gasteiger partial charge in [0.15, 0.2) is 11.5 Å². The minimum Gasteiger partial charge on any atom is -0.486 e. The van der Waals surface area contributed by atoms with Crippen molar-refractivity contribution in [2.24, 2.45) is 0 Å². The van der Waals surface area contributed by atoms with Crippen LogP contribution in [-0.4, -0.2) is 48.1 Å². The number of nitrogens with one attached hydrogen (secondary N) is 1. The number of benzene rings is 2. The van der Waals surface area contributed by atoms with Crippen molar-refractivity contribution in [3.05, 3.63) is 42.0 Å². The maximum atomic E-state index is 12.0. The molecule has 4 rings (SSSR count). The molecule has 1 N–H and O–H groups in total. The number of hydrogen-bond donors (Lipinski definition) is 1. The number of fused-ring (bicyclic) bond motifs is 2. The Bertz CT molecular complexity index is 870. The molecule has 1 aliphatic heterocycles. The molecular weight excluding hydrogens is 306 g/mol. The number of imidazole rings is 1. The van der Waals surface area contributed by atoms with Crippen LogP contribution in [0.2, 0.25) is 0 Å². The lowest BCUT2D eigenvalue weighted by Gasteiger charge is -2.17. The number of ether oxygens (including phenoxy) is 2. The Morgan fingerprint density at radius 3 is 2.42 bits per heavy atom. The van der Waals surface area contributed by atoms with Gasteiger partial charge < -0.3 is 19.4 Å². The lowest BCUT2D eigenvalue weighted by atomic mass is 10.1. The van der Waals surface area contributed by atoms with E-state index in [1.165, 1.54) is 0 Å². The molecule has 3 aromatic rings. The second-order valence-electron chi connectivity index (χ2n) is 5.88. The first kappa shape index (κ1) is 14.6. The Balaban J connectivity index is 1.70. The molecule has 0 radical (unpaired) electrons. The second kappa shape index (κ2) is 5.56. The van der Waals surface area contributed by atoms with E-state index in [4.69, 9.17) is 9.47 Å². The van der Waals surface area contributed by atoms with Crippen LogP contribution >= 0.6 is 0 Å². The third kappa shape index (κ3) is 2.46. The summed E-state index contributed by atoms with van der Waals surface area (Å²) in [4.78, 5) is 21.4. The quantitative estimate of drug-likeness (QED) is 0.787. The van der Waals surface area contributed by atoms with E-state index in [0.29, 0.717) is 18.8 Å². The molecule has 0 spiro atoms. The summed E-state index contributed by atoms with van der Waals surface area (Å²) in [6, 6.07) is 11.2. The fourth-order valence-electron chi connectivity index (χ4n) is 2.71. The van der Waals surface area contributed by atoms with Gasteiger partial charge in [0.05, 0.1) is 11.0 Å². The fourth-order valence-corrected chi connectivity index (χ4v) is 2.71. The van der Waals surface area contributed by atoms with E-state index in [-0.39, 0.29) is 5.91 Å². The highest BCUT2D eigenvalue weighted by atomic mass is 16.6. The zero-order valence-electron chi connectivity index (χ0n) is 13.5. The maximum Gasteiger partial charge on any atom is 0.253 e. The number of hydrogen-bond acceptors (Lipinski definition) is 4. The Morgan fingerprint density at radius 1 is 1.08 bits per heavy atom. The molecule has 0 fully saturated rings. The van der Waals surface area contributed by atoms with Crippen molar-refractivity contribution in [2.45, 2.75) is 0 Å². The van der Waals surface area contributed by atoms with Gasteiger partial charge in [-0.15, -0.1) is 0 Å². The van der Waals surface area contributed by atoms with Crippen molar-refractivity contribution in [3.8, 4) is 22.9 Å². The van der Waals surface area contributed by atoms with Crippen LogP contribution in [-0.2, 0) is 0 Å². The van der Waals surface area contributed by atoms with Crippen molar-refractivity contribution >= 4 is 16.9 Å². The molecule has 24 heavy (non-hydrogen) atoms. The second-order valence-corrected chi connectivity index (χ2v) is 5.88. The third-order valence-corrected chi connectivity index (χ3v) is 3.96. The van der Waals surface area contributed by atoms with Gasteiger partial charge >= 0.3 is 0 Å². The number of amides is 1. The van der Waals surface area contributed by atoms with Crippen molar-refractivity contribution in [1.82, 2.24) is 14.9 Å². The average Bonchev–Trinajstić information content (AvgIpc) is 3.01. The molecule has 0 saturated carbocycles. The van der Waals surface area contributed by atoms with Gasteiger partial charge in [-0.3, -0.25) is 4.79 Å². The zero-order valence-corrected chi connectivity index (χ0v) is 13.5. The van der Waals surface area contributed by atoms with E-state index in [1.54, 1.807) is 19.0 Å². The lowest BCUT2D eigenvalue weighted by molar-refractivity contribution is 0.0827. The highest BCUT2D eigenvalue weighted by Crippen LogP contribution is 2.34. The first-order chi connectivity index (χ1) is 11.6. The Labute approximate surface area is 139 Å². The van der Waals surface area contributed by atoms with E-state index >= 15 is 0 Å². The van der Waals surface area contributed by atoms with Gasteiger partial charge in [0.25, 0.3) is 5.91 Å². The molecule has 122 valence electrons. The summed E-state index contributed by atoms with van der Waals surface area (Å²) in [5.41, 5.74) is 3.28. The smallest absolute Gasteiger partial charge is 0.253 e. The summed E-state index contributed by atoms with van der Waals surface area (Å²) in [6.45, 7) is 1.11. The molecule has 0 bridgehead atoms. The topological polar surface area (TPSA) is 67.5 Å². The Kier molecular flexibility index (Phi) is 3.37. The van der Waals surface area contributed by atoms with Gasteiger partial charge in [-0.05, 0) is 12.1 Å². The summed E-state index contributed by atoms with van der Waals surface area (Å²) in [7, 11) is 3.48. The van der Waals surface area contributed by atoms with Gasteiger partial charge in [0, 0.05) is 37.4 Å². The highest BCUT2D eigenvalue weighted by Gasteiger charge is 2.15. The molecule has 0 atom stereocenters. The van der Waals surface area contributed by atoms with Gasteiger partial charge in [0.1, 0.15) is 19.0 Å². The number of carbonyl (C=O) groups excluding carboxylic acids is 1. The fraction of sp³-hybridized carbons (Fsp3) is 0.222. The minimum atomic E-state index is -0.0203. The largest absolute Gasteiger partial charge is 0.486 e. The van der Waals surface area contributed by atoms with Crippen LogP contribution in [0.5, 0.6) is 11.5 Å². The van der Waals surface area contributed by atoms with Crippen LogP contribution in [0.4, 0.5) is 0 Å². The number of H-pyrrole nitrogens is 1. The molecule has 2 aromatic carbocycles. The monoisotopic (exact) mass is 323 g/mol. The summed E-state index contributed by atoms with van der Waals surface area (Å²) >= 11 is 0. The molecule has 1 aromatic heterocycles. The number of carbonyl (C=O) groups is 1. The van der Waals surface area contributed by atoms with Crippen molar-refractivity contribution in [2.75, 3.05) is 27.3 Å². The molecular formula is C18H17N3O3. The van der Waals surface area contributed by atoms with Crippen molar-refractivity contribution in [1.29, 1.82) is 0 Å². The molecule has 6 heteroatoms. The number of aromatic nitrogens is 2. The summed E-state index contributed by atoms with van der Waals surface area (Å²) in [6.07, 6.45) is 0. The normalized spacial score (nSPS) is 13.1. The van der Waals surface area contributed by atoms with Gasteiger partial charge in [-0.1, -0.05) is 12.1 Å². The van der Waals surface area contributed by atoms with Crippen molar-refractivity contribution < 1.29 is 14.3 Å². The number of rotatable bonds is 2. The van der Waals surface area contributed by atoms with E-state index < -0.39 is 0 Å². The first-order valence-electron chi connectivity index (χ1n) is 7.73. The minimum absolute atomic E-state index is 0.0203. The van der Waals surface area contributed by atoms with Crippen LogP contribution in [0.25, 0.3) is 22.4 Å². The Hall–Kier alpha value is -3.02. The summed E-state index contributed by atoms with van der Waals surface area (Å²) in [5, 5.41) is 0. The summed E-state index contributed by atoms with van der Waals surface area (Å²) < 4.78 is 11.2. The predicted octanol–water partition coefficient (Wildman–Crippen LogP) is 2.70. The van der Waals surface area contributed by atoms with Crippen molar-refractivity contribution in [3.63, 3.8) is 0 Å². The van der Waals surface area contributed by atoms with E-state index in [1.807, 2.05) is 36.4 Å². The third-order valence-electron chi connectivity index (χ3n) is 3.96. The van der Waals surface area contributed by atoms with Gasteiger partial charge in [0.2, 0.25) is 0 Å². The predicted molar refractivity (Wildman–Crippen MR) is 90.5 cm³/mol. The van der Waals surface area contributed by atoms with E-state index in [9.17, 15) is 4.79 Å². The van der Waals surface area contributed by atoms with Crippen LogP contribution in [0.15, 0.2) is 36.4 Å². The average molecular weight is 323 g/mol. The van der Waals surface area contributed by atoms with Gasteiger partial charge in [-0.2, -0.15) is 0 Å². The maximum absolute atomic E-state index is 12.0. The molecule has 2 heterocycles. The van der Waals surface area contributed by atoms with Crippen LogP contribution in [0, 0.1) is 0 Å². The van der Waals surface area contributed by atoms with Crippen LogP contribution in [0.1, 0.15) is 10.4 Å². The SMILES string of the molecule is CN(C)C(=O)c1ccc(-c2nc3cc4c(cc3[nH]2)OCCO4)cc1. The number of nitrogens with zero attached hydrogens (tertiary/aromatic N) is 2. The molecule has 1 amide bonds. The van der Waals surface area contributed by atoms with Gasteiger partial charge in [-0.25, -0.2) is 4.98 Å². The summed E-state index contributed by atoms with van der Waals surface area (Å²) in [5.74, 6) is 2.18. The standard InChI is InChI=1S/C18H17N3O3/c1-21(2)18(22)12-5-3-11(4-6-12)17-19-13-9-15-16(10-14(13)20-17)24-8-7-23-15/h3-6,9-10H,7-8H2,1-2H3,(H,19,20).